The van der Waals surface area contributed by atoms with Crippen molar-refractivity contribution in [2.45, 2.75) is 58.7 Å². The van der Waals surface area contributed by atoms with Crippen LogP contribution >= 0.6 is 0 Å². The largest absolute Gasteiger partial charge is 0.454 e. The van der Waals surface area contributed by atoms with E-state index in [0.717, 1.165) is 6.26 Å². The number of ether oxygens (including phenoxy) is 2. The lowest BCUT2D eigenvalue weighted by atomic mass is 10.1. The van der Waals surface area contributed by atoms with E-state index in [1.54, 1.807) is 43.3 Å². The van der Waals surface area contributed by atoms with Crippen molar-refractivity contribution in [2.24, 2.45) is 0 Å². The summed E-state index contributed by atoms with van der Waals surface area (Å²) in [7, 11) is -3.66. The van der Waals surface area contributed by atoms with Crippen LogP contribution in [0.15, 0.2) is 42.5 Å². The molecule has 0 aliphatic carbocycles. The van der Waals surface area contributed by atoms with Crippen LogP contribution in [0, 0.1) is 5.82 Å². The fourth-order valence-electron chi connectivity index (χ4n) is 3.91. The van der Waals surface area contributed by atoms with Crippen molar-refractivity contribution in [3.05, 3.63) is 53.8 Å². The van der Waals surface area contributed by atoms with Crippen LogP contribution in [-0.2, 0) is 26.2 Å². The second-order valence-corrected chi connectivity index (χ2v) is 11.9. The van der Waals surface area contributed by atoms with Crippen molar-refractivity contribution in [1.82, 2.24) is 10.2 Å². The number of rotatable bonds is 10. The van der Waals surface area contributed by atoms with Crippen molar-refractivity contribution < 1.29 is 31.9 Å². The topological polar surface area (TPSA) is 105 Å². The Balaban J connectivity index is 1.75. The van der Waals surface area contributed by atoms with Crippen LogP contribution < -0.4 is 19.1 Å². The van der Waals surface area contributed by atoms with Crippen LogP contribution in [0.1, 0.15) is 46.1 Å². The average molecular weight is 536 g/mol. The molecule has 202 valence electrons. The van der Waals surface area contributed by atoms with E-state index in [1.165, 1.54) is 15.3 Å². The number of sulfonamides is 1. The summed E-state index contributed by atoms with van der Waals surface area (Å²) in [4.78, 5) is 27.5. The molecule has 2 aromatic rings. The Morgan fingerprint density at radius 3 is 2.43 bits per heavy atom. The number of hydrogen-bond acceptors (Lipinski definition) is 6. The third-order valence-electron chi connectivity index (χ3n) is 5.76. The van der Waals surface area contributed by atoms with Gasteiger partial charge in [0.2, 0.25) is 28.6 Å². The number of nitrogens with zero attached hydrogens (tertiary/aromatic N) is 2. The number of halogens is 1. The van der Waals surface area contributed by atoms with E-state index in [9.17, 15) is 22.4 Å². The van der Waals surface area contributed by atoms with Gasteiger partial charge in [-0.15, -0.1) is 0 Å². The third kappa shape index (κ3) is 7.58. The Morgan fingerprint density at radius 1 is 1.11 bits per heavy atom. The molecule has 1 N–H and O–H groups in total. The fraction of sp³-hybridized carbons (Fsp3) is 0.462. The minimum Gasteiger partial charge on any atom is -0.454 e. The van der Waals surface area contributed by atoms with Gasteiger partial charge in [-0.3, -0.25) is 13.9 Å². The van der Waals surface area contributed by atoms with Crippen LogP contribution in [-0.4, -0.2) is 56.3 Å². The molecule has 0 aromatic heterocycles. The second kappa shape index (κ2) is 11.4. The molecule has 0 saturated heterocycles. The lowest BCUT2D eigenvalue weighted by Crippen LogP contribution is -2.52. The maximum Gasteiger partial charge on any atom is 0.242 e. The minimum atomic E-state index is -3.66. The number of nitrogens with one attached hydrogen (secondary N) is 1. The number of carbonyl (C=O) groups excluding carboxylic acids is 2. The molecule has 0 saturated carbocycles. The van der Waals surface area contributed by atoms with E-state index < -0.39 is 27.4 Å². The molecule has 11 heteroatoms. The lowest BCUT2D eigenvalue weighted by Gasteiger charge is -2.32. The molecule has 1 atom stereocenters. The normalized spacial score (nSPS) is 13.7. The number of hydrogen-bond donors (Lipinski definition) is 1. The Labute approximate surface area is 217 Å². The highest BCUT2D eigenvalue weighted by Gasteiger charge is 2.29. The highest BCUT2D eigenvalue weighted by atomic mass is 32.2. The molecule has 3 rings (SSSR count). The molecule has 2 amide bonds. The van der Waals surface area contributed by atoms with E-state index in [-0.39, 0.29) is 50.1 Å². The molecule has 1 aliphatic heterocycles. The molecular weight excluding hydrogens is 501 g/mol. The van der Waals surface area contributed by atoms with Gasteiger partial charge in [-0.2, -0.15) is 0 Å². The third-order valence-corrected chi connectivity index (χ3v) is 6.95. The van der Waals surface area contributed by atoms with Gasteiger partial charge in [-0.25, -0.2) is 12.8 Å². The highest BCUT2D eigenvalue weighted by Crippen LogP contribution is 2.36. The summed E-state index contributed by atoms with van der Waals surface area (Å²) in [5.41, 5.74) is 0.156. The molecular formula is C26H34FN3O6S. The minimum absolute atomic E-state index is 0.0281. The predicted octanol–water partition coefficient (Wildman–Crippen LogP) is 3.43. The summed E-state index contributed by atoms with van der Waals surface area (Å²) in [5, 5.41) is 2.85. The Morgan fingerprint density at radius 2 is 1.78 bits per heavy atom. The summed E-state index contributed by atoms with van der Waals surface area (Å²) in [5.74, 6) is -0.264. The van der Waals surface area contributed by atoms with Crippen LogP contribution in [0.4, 0.5) is 10.1 Å². The lowest BCUT2D eigenvalue weighted by molar-refractivity contribution is -0.141. The molecule has 37 heavy (non-hydrogen) atoms. The van der Waals surface area contributed by atoms with Crippen LogP contribution in [0.3, 0.4) is 0 Å². The zero-order valence-electron chi connectivity index (χ0n) is 21.8. The summed E-state index contributed by atoms with van der Waals surface area (Å²) in [6.07, 6.45) is 1.22. The smallest absolute Gasteiger partial charge is 0.242 e. The van der Waals surface area contributed by atoms with Gasteiger partial charge in [0.05, 0.1) is 11.9 Å². The SMILES string of the molecule is C[C@H](C(=O)NC(C)(C)C)N(Cc1ccccc1F)C(=O)CCCN(c1ccc2c(c1)OCO2)S(C)(=O)=O. The maximum atomic E-state index is 14.4. The van der Waals surface area contributed by atoms with Gasteiger partial charge in [-0.1, -0.05) is 18.2 Å². The molecule has 0 spiro atoms. The van der Waals surface area contributed by atoms with Crippen molar-refractivity contribution in [2.75, 3.05) is 23.9 Å². The zero-order valence-corrected chi connectivity index (χ0v) is 22.6. The van der Waals surface area contributed by atoms with Gasteiger partial charge in [-0.05, 0) is 52.3 Å². The van der Waals surface area contributed by atoms with Gasteiger partial charge >= 0.3 is 0 Å². The quantitative estimate of drug-likeness (QED) is 0.500. The van der Waals surface area contributed by atoms with E-state index >= 15 is 0 Å². The second-order valence-electron chi connectivity index (χ2n) is 10.0. The first-order valence-corrected chi connectivity index (χ1v) is 13.8. The molecule has 1 aliphatic rings. The van der Waals surface area contributed by atoms with Gasteiger partial charge < -0.3 is 19.7 Å². The van der Waals surface area contributed by atoms with Crippen LogP contribution in [0.25, 0.3) is 0 Å². The number of carbonyl (C=O) groups is 2. The van der Waals surface area contributed by atoms with Gasteiger partial charge in [0.1, 0.15) is 11.9 Å². The first kappa shape index (κ1) is 28.2. The number of anilines is 1. The average Bonchev–Trinajstić information content (AvgIpc) is 3.26. The Hall–Kier alpha value is -3.34. The molecule has 9 nitrogen and oxygen atoms in total. The van der Waals surface area contributed by atoms with E-state index in [2.05, 4.69) is 5.32 Å². The predicted molar refractivity (Wildman–Crippen MR) is 138 cm³/mol. The molecule has 0 radical (unpaired) electrons. The van der Waals surface area contributed by atoms with E-state index in [4.69, 9.17) is 9.47 Å². The van der Waals surface area contributed by atoms with Gasteiger partial charge in [0, 0.05) is 36.7 Å². The molecule has 0 unspecified atom stereocenters. The fourth-order valence-corrected chi connectivity index (χ4v) is 4.87. The molecule has 1 heterocycles. The first-order valence-electron chi connectivity index (χ1n) is 12.0. The number of fused-ring (bicyclic) bond motifs is 1. The van der Waals surface area contributed by atoms with Crippen LogP contribution in [0.2, 0.25) is 0 Å². The van der Waals surface area contributed by atoms with Gasteiger partial charge in [0.25, 0.3) is 0 Å². The van der Waals surface area contributed by atoms with E-state index in [1.807, 2.05) is 20.8 Å². The summed E-state index contributed by atoms with van der Waals surface area (Å²) < 4.78 is 51.3. The summed E-state index contributed by atoms with van der Waals surface area (Å²) in [6.45, 7) is 7.08. The Kier molecular flexibility index (Phi) is 8.68. The zero-order chi connectivity index (χ0) is 27.4. The van der Waals surface area contributed by atoms with Crippen molar-refractivity contribution in [3.8, 4) is 11.5 Å². The monoisotopic (exact) mass is 535 g/mol. The standard InChI is InChI=1S/C26H34FN3O6S/c1-18(25(32)28-26(2,3)4)29(16-19-9-6-7-10-21(19)27)24(31)11-8-14-30(37(5,33)34)20-12-13-22-23(15-20)36-17-35-22/h6-7,9-10,12-13,15,18H,8,11,14,16-17H2,1-5H3,(H,28,32)/t18-/m1/s1. The first-order chi connectivity index (χ1) is 17.3. The molecule has 0 bridgehead atoms. The molecule has 2 aromatic carbocycles. The number of amides is 2. The summed E-state index contributed by atoms with van der Waals surface area (Å²) in [6, 6.07) is 10.0. The van der Waals surface area contributed by atoms with Crippen molar-refractivity contribution in [3.63, 3.8) is 0 Å². The highest BCUT2D eigenvalue weighted by molar-refractivity contribution is 7.92. The Bertz CT molecular complexity index is 1250. The van der Waals surface area contributed by atoms with Crippen molar-refractivity contribution >= 4 is 27.5 Å². The van der Waals surface area contributed by atoms with E-state index in [0.29, 0.717) is 17.2 Å². The number of benzene rings is 2. The van der Waals surface area contributed by atoms with Crippen molar-refractivity contribution in [1.29, 1.82) is 0 Å². The van der Waals surface area contributed by atoms with Crippen LogP contribution in [0.5, 0.6) is 11.5 Å². The van der Waals surface area contributed by atoms with Gasteiger partial charge in [0.15, 0.2) is 11.5 Å². The maximum absolute atomic E-state index is 14.4. The molecule has 0 fully saturated rings. The summed E-state index contributed by atoms with van der Waals surface area (Å²) >= 11 is 0.